The van der Waals surface area contributed by atoms with Gasteiger partial charge in [0.05, 0.1) is 16.6 Å². The van der Waals surface area contributed by atoms with Gasteiger partial charge < -0.3 is 10.0 Å². The van der Waals surface area contributed by atoms with Crippen LogP contribution in [0.1, 0.15) is 37.6 Å². The second-order valence-corrected chi connectivity index (χ2v) is 5.47. The number of carboxylic acid groups (broad SMARTS) is 1. The van der Waals surface area contributed by atoms with Crippen LogP contribution in [0.3, 0.4) is 0 Å². The van der Waals surface area contributed by atoms with Crippen molar-refractivity contribution < 1.29 is 19.2 Å². The minimum atomic E-state index is -1.45. The number of hydrogen-bond donors (Lipinski definition) is 1. The Hall–Kier alpha value is -2.18. The fourth-order valence-corrected chi connectivity index (χ4v) is 2.22. The topological polar surface area (TPSA) is 83.7 Å². The maximum absolute atomic E-state index is 13.6. The molecular weight excluding hydrogens is 279 g/mol. The van der Waals surface area contributed by atoms with Crippen LogP contribution in [0, 0.1) is 21.8 Å². The van der Waals surface area contributed by atoms with E-state index in [1.807, 2.05) is 20.8 Å². The van der Waals surface area contributed by atoms with Crippen molar-refractivity contribution in [3.63, 3.8) is 0 Å². The summed E-state index contributed by atoms with van der Waals surface area (Å²) in [6, 6.07) is 1.64. The van der Waals surface area contributed by atoms with Gasteiger partial charge in [0.25, 0.3) is 5.69 Å². The van der Waals surface area contributed by atoms with Gasteiger partial charge in [0.1, 0.15) is 11.5 Å². The summed E-state index contributed by atoms with van der Waals surface area (Å²) in [6.45, 7) is 5.92. The van der Waals surface area contributed by atoms with Gasteiger partial charge in [-0.3, -0.25) is 10.1 Å². The minimum absolute atomic E-state index is 0.0455. The van der Waals surface area contributed by atoms with Crippen LogP contribution in [-0.4, -0.2) is 29.1 Å². The maximum atomic E-state index is 13.6. The van der Waals surface area contributed by atoms with Crippen LogP contribution in [0.5, 0.6) is 0 Å². The molecule has 1 N–H and O–H groups in total. The molecule has 7 heteroatoms. The number of carbonyl (C=O) groups is 1. The molecule has 0 saturated heterocycles. The number of hydrogen-bond acceptors (Lipinski definition) is 4. The largest absolute Gasteiger partial charge is 0.478 e. The van der Waals surface area contributed by atoms with Crippen LogP contribution >= 0.6 is 0 Å². The number of aromatic carboxylic acids is 1. The summed E-state index contributed by atoms with van der Waals surface area (Å²) in [5.74, 6) is -2.18. The molecule has 1 atom stereocenters. The molecule has 0 aliphatic carbocycles. The van der Waals surface area contributed by atoms with Crippen LogP contribution < -0.4 is 4.90 Å². The normalized spacial score (nSPS) is 12.3. The fourth-order valence-electron chi connectivity index (χ4n) is 2.22. The summed E-state index contributed by atoms with van der Waals surface area (Å²) in [5, 5.41) is 20.0. The van der Waals surface area contributed by atoms with Crippen molar-refractivity contribution in [3.05, 3.63) is 33.6 Å². The molecule has 0 spiro atoms. The van der Waals surface area contributed by atoms with Gasteiger partial charge in [0.2, 0.25) is 0 Å². The van der Waals surface area contributed by atoms with Crippen molar-refractivity contribution >= 4 is 17.3 Å². The standard InChI is InChI=1S/C14H19FN2O4/c1-8(2)5-9(3)16(4)12-6-10(14(18)19)11(15)7-13(12)17(20)21/h6-9H,5H2,1-4H3,(H,18,19). The summed E-state index contributed by atoms with van der Waals surface area (Å²) < 4.78 is 13.6. The summed E-state index contributed by atoms with van der Waals surface area (Å²) in [5.41, 5.74) is -0.901. The molecule has 1 aromatic rings. The first kappa shape index (κ1) is 16.9. The molecule has 0 aliphatic rings. The van der Waals surface area contributed by atoms with Crippen LogP contribution in [0.2, 0.25) is 0 Å². The lowest BCUT2D eigenvalue weighted by Gasteiger charge is -2.28. The molecule has 0 aliphatic heterocycles. The summed E-state index contributed by atoms with van der Waals surface area (Å²) in [4.78, 5) is 23.0. The third-order valence-corrected chi connectivity index (χ3v) is 3.35. The van der Waals surface area contributed by atoms with Crippen molar-refractivity contribution in [2.24, 2.45) is 5.92 Å². The van der Waals surface area contributed by atoms with Gasteiger partial charge in [0, 0.05) is 13.1 Å². The molecule has 0 aromatic heterocycles. The summed E-state index contributed by atoms with van der Waals surface area (Å²) >= 11 is 0. The molecule has 0 saturated carbocycles. The molecule has 0 heterocycles. The van der Waals surface area contributed by atoms with Crippen LogP contribution in [0.15, 0.2) is 12.1 Å². The summed E-state index contributed by atoms with van der Waals surface area (Å²) in [7, 11) is 1.64. The average molecular weight is 298 g/mol. The van der Waals surface area contributed by atoms with Gasteiger partial charge in [-0.05, 0) is 25.3 Å². The van der Waals surface area contributed by atoms with Gasteiger partial charge in [-0.25, -0.2) is 9.18 Å². The van der Waals surface area contributed by atoms with Gasteiger partial charge in [0.15, 0.2) is 0 Å². The Kier molecular flexibility index (Phi) is 5.23. The van der Waals surface area contributed by atoms with E-state index in [-0.39, 0.29) is 11.7 Å². The van der Waals surface area contributed by atoms with Crippen LogP contribution in [-0.2, 0) is 0 Å². The first-order valence-corrected chi connectivity index (χ1v) is 6.59. The van der Waals surface area contributed by atoms with E-state index in [1.165, 1.54) is 0 Å². The number of anilines is 1. The zero-order chi connectivity index (χ0) is 16.3. The number of nitro groups is 1. The van der Waals surface area contributed by atoms with E-state index >= 15 is 0 Å². The van der Waals surface area contributed by atoms with Gasteiger partial charge >= 0.3 is 5.97 Å². The van der Waals surface area contributed by atoms with Gasteiger partial charge in [-0.15, -0.1) is 0 Å². The predicted octanol–water partition coefficient (Wildman–Crippen LogP) is 3.30. The Morgan fingerprint density at radius 3 is 2.43 bits per heavy atom. The molecule has 1 unspecified atom stereocenters. The number of nitro benzene ring substituents is 1. The summed E-state index contributed by atoms with van der Waals surface area (Å²) in [6.07, 6.45) is 0.771. The molecule has 1 aromatic carbocycles. The monoisotopic (exact) mass is 298 g/mol. The third kappa shape index (κ3) is 3.90. The quantitative estimate of drug-likeness (QED) is 0.643. The Morgan fingerprint density at radius 1 is 1.43 bits per heavy atom. The van der Waals surface area contributed by atoms with E-state index in [2.05, 4.69) is 0 Å². The average Bonchev–Trinajstić information content (AvgIpc) is 2.36. The zero-order valence-corrected chi connectivity index (χ0v) is 12.5. The first-order chi connectivity index (χ1) is 9.65. The van der Waals surface area contributed by atoms with Gasteiger partial charge in [-0.1, -0.05) is 13.8 Å². The van der Waals surface area contributed by atoms with Crippen LogP contribution in [0.4, 0.5) is 15.8 Å². The second-order valence-electron chi connectivity index (χ2n) is 5.47. The smallest absolute Gasteiger partial charge is 0.338 e. The van der Waals surface area contributed by atoms with Crippen molar-refractivity contribution in [2.75, 3.05) is 11.9 Å². The lowest BCUT2D eigenvalue weighted by molar-refractivity contribution is -0.384. The van der Waals surface area contributed by atoms with Crippen molar-refractivity contribution in [1.29, 1.82) is 0 Å². The maximum Gasteiger partial charge on any atom is 0.338 e. The van der Waals surface area contributed by atoms with E-state index in [9.17, 15) is 19.3 Å². The lowest BCUT2D eigenvalue weighted by Crippen LogP contribution is -2.31. The van der Waals surface area contributed by atoms with Crippen molar-refractivity contribution in [3.8, 4) is 0 Å². The Bertz CT molecular complexity index is 560. The first-order valence-electron chi connectivity index (χ1n) is 6.59. The number of nitrogens with zero attached hydrogens (tertiary/aromatic N) is 2. The highest BCUT2D eigenvalue weighted by atomic mass is 19.1. The molecule has 0 amide bonds. The number of halogens is 1. The molecule has 0 bridgehead atoms. The van der Waals surface area contributed by atoms with Gasteiger partial charge in [-0.2, -0.15) is 0 Å². The molecule has 116 valence electrons. The molecule has 0 radical (unpaired) electrons. The van der Waals surface area contributed by atoms with Crippen molar-refractivity contribution in [2.45, 2.75) is 33.2 Å². The molecular formula is C14H19FN2O4. The Balaban J connectivity index is 3.34. The van der Waals surface area contributed by atoms with E-state index in [4.69, 9.17) is 5.11 Å². The lowest BCUT2D eigenvalue weighted by atomic mass is 10.0. The highest BCUT2D eigenvalue weighted by Crippen LogP contribution is 2.32. The van der Waals surface area contributed by atoms with Crippen molar-refractivity contribution in [1.82, 2.24) is 0 Å². The molecule has 0 fully saturated rings. The fraction of sp³-hybridized carbons (Fsp3) is 0.500. The highest BCUT2D eigenvalue weighted by molar-refractivity contribution is 5.90. The number of benzene rings is 1. The Labute approximate surface area is 122 Å². The molecule has 6 nitrogen and oxygen atoms in total. The van der Waals surface area contributed by atoms with E-state index in [0.717, 1.165) is 12.5 Å². The third-order valence-electron chi connectivity index (χ3n) is 3.35. The predicted molar refractivity (Wildman–Crippen MR) is 77.3 cm³/mol. The second kappa shape index (κ2) is 6.51. The Morgan fingerprint density at radius 2 is 2.00 bits per heavy atom. The van der Waals surface area contributed by atoms with E-state index in [1.54, 1.807) is 11.9 Å². The molecule has 21 heavy (non-hydrogen) atoms. The number of carboxylic acids is 1. The number of rotatable bonds is 6. The highest BCUT2D eigenvalue weighted by Gasteiger charge is 2.26. The van der Waals surface area contributed by atoms with Crippen LogP contribution in [0.25, 0.3) is 0 Å². The van der Waals surface area contributed by atoms with E-state index in [0.29, 0.717) is 12.0 Å². The minimum Gasteiger partial charge on any atom is -0.478 e. The van der Waals surface area contributed by atoms with E-state index < -0.39 is 28.0 Å². The molecule has 1 rings (SSSR count). The SMILES string of the molecule is CC(C)CC(C)N(C)c1cc(C(=O)O)c(F)cc1[N+](=O)[O-]. The zero-order valence-electron chi connectivity index (χ0n) is 12.5.